The lowest BCUT2D eigenvalue weighted by molar-refractivity contribution is -0.132. The number of hydrogen-bond donors (Lipinski definition) is 1. The zero-order valence-corrected chi connectivity index (χ0v) is 18.1. The number of benzene rings is 1. The number of nitrogens with zero attached hydrogens (tertiary/aromatic N) is 3. The molecule has 7 heteroatoms. The lowest BCUT2D eigenvalue weighted by Crippen LogP contribution is -2.32. The highest BCUT2D eigenvalue weighted by molar-refractivity contribution is 7.13. The normalized spacial score (nSPS) is 15.9. The number of carbonyl (C=O) groups excluding carboxylic acids is 1. The largest absolute Gasteiger partial charge is 0.493 e. The van der Waals surface area contributed by atoms with Gasteiger partial charge in [-0.05, 0) is 50.5 Å². The fourth-order valence-electron chi connectivity index (χ4n) is 3.71. The predicted molar refractivity (Wildman–Crippen MR) is 119 cm³/mol. The first-order valence-electron chi connectivity index (χ1n) is 10.2. The van der Waals surface area contributed by atoms with Gasteiger partial charge in [0.1, 0.15) is 11.6 Å². The molecule has 0 spiro atoms. The summed E-state index contributed by atoms with van der Waals surface area (Å²) in [5, 5.41) is 6.09. The van der Waals surface area contributed by atoms with E-state index in [0.717, 1.165) is 53.0 Å². The topological polar surface area (TPSA) is 67.4 Å². The molecule has 3 aromatic rings. The van der Waals surface area contributed by atoms with Gasteiger partial charge in [0.15, 0.2) is 5.13 Å². The van der Waals surface area contributed by atoms with Crippen LogP contribution >= 0.6 is 11.3 Å². The number of thiazole rings is 1. The van der Waals surface area contributed by atoms with Crippen LogP contribution in [0.25, 0.3) is 0 Å². The van der Waals surface area contributed by atoms with Gasteiger partial charge in [-0.15, -0.1) is 11.3 Å². The van der Waals surface area contributed by atoms with Gasteiger partial charge >= 0.3 is 0 Å². The molecule has 0 unspecified atom stereocenters. The van der Waals surface area contributed by atoms with Crippen molar-refractivity contribution >= 4 is 28.2 Å². The van der Waals surface area contributed by atoms with E-state index < -0.39 is 0 Å². The van der Waals surface area contributed by atoms with Crippen molar-refractivity contribution in [1.29, 1.82) is 0 Å². The second-order valence-electron chi connectivity index (χ2n) is 7.48. The summed E-state index contributed by atoms with van der Waals surface area (Å²) in [6, 6.07) is 13.8. The number of aromatic nitrogens is 2. The second-order valence-corrected chi connectivity index (χ2v) is 8.33. The van der Waals surface area contributed by atoms with Gasteiger partial charge in [-0.25, -0.2) is 9.97 Å². The Hall–Kier alpha value is -2.93. The highest BCUT2D eigenvalue weighted by Gasteiger charge is 2.30. The van der Waals surface area contributed by atoms with Crippen LogP contribution in [-0.4, -0.2) is 33.9 Å². The summed E-state index contributed by atoms with van der Waals surface area (Å²) in [6.45, 7) is 5.12. The van der Waals surface area contributed by atoms with Crippen molar-refractivity contribution in [3.63, 3.8) is 0 Å². The highest BCUT2D eigenvalue weighted by Crippen LogP contribution is 2.32. The van der Waals surface area contributed by atoms with Crippen LogP contribution in [0.3, 0.4) is 0 Å². The highest BCUT2D eigenvalue weighted by atomic mass is 32.1. The molecule has 0 bridgehead atoms. The first kappa shape index (κ1) is 20.3. The van der Waals surface area contributed by atoms with E-state index in [1.807, 2.05) is 66.6 Å². The number of rotatable bonds is 7. The van der Waals surface area contributed by atoms with Gasteiger partial charge in [-0.3, -0.25) is 4.79 Å². The number of carbonyl (C=O) groups is 1. The van der Waals surface area contributed by atoms with Gasteiger partial charge in [-0.1, -0.05) is 24.3 Å². The molecule has 1 fully saturated rings. The van der Waals surface area contributed by atoms with E-state index in [4.69, 9.17) is 9.72 Å². The number of hydrogen-bond acceptors (Lipinski definition) is 6. The number of likely N-dealkylation sites (tertiary alicyclic amines) is 1. The molecular formula is C23H26N4O2S. The maximum atomic E-state index is 12.9. The molecule has 1 atom stereocenters. The number of anilines is 2. The van der Waals surface area contributed by atoms with E-state index in [1.165, 1.54) is 0 Å². The summed E-state index contributed by atoms with van der Waals surface area (Å²) in [6.07, 6.45) is 2.28. The summed E-state index contributed by atoms with van der Waals surface area (Å²) in [7, 11) is 0. The number of para-hydroxylation sites is 1. The molecule has 1 saturated heterocycles. The van der Waals surface area contributed by atoms with Crippen molar-refractivity contribution in [2.75, 3.05) is 18.5 Å². The molecule has 1 aromatic carbocycles. The molecule has 1 amide bonds. The minimum Gasteiger partial charge on any atom is -0.493 e. The molecule has 30 heavy (non-hydrogen) atoms. The predicted octanol–water partition coefficient (Wildman–Crippen LogP) is 5.03. The van der Waals surface area contributed by atoms with Crippen LogP contribution in [0.1, 0.15) is 42.3 Å². The Kier molecular flexibility index (Phi) is 6.28. The Bertz CT molecular complexity index is 1020. The number of ether oxygens (including phenoxy) is 1. The van der Waals surface area contributed by atoms with E-state index >= 15 is 0 Å². The monoisotopic (exact) mass is 422 g/mol. The lowest BCUT2D eigenvalue weighted by Gasteiger charge is -2.25. The van der Waals surface area contributed by atoms with Gasteiger partial charge in [-0.2, -0.15) is 0 Å². The Labute approximate surface area is 180 Å². The Morgan fingerprint density at radius 1 is 1.20 bits per heavy atom. The van der Waals surface area contributed by atoms with Crippen LogP contribution < -0.4 is 10.1 Å². The quantitative estimate of drug-likeness (QED) is 0.578. The van der Waals surface area contributed by atoms with Crippen LogP contribution in [0.15, 0.2) is 47.8 Å². The van der Waals surface area contributed by atoms with Crippen molar-refractivity contribution in [1.82, 2.24) is 14.9 Å². The Morgan fingerprint density at radius 3 is 2.87 bits per heavy atom. The van der Waals surface area contributed by atoms with Crippen LogP contribution in [0, 0.1) is 13.8 Å². The number of amides is 1. The minimum atomic E-state index is 0.00995. The lowest BCUT2D eigenvalue weighted by atomic mass is 10.1. The summed E-state index contributed by atoms with van der Waals surface area (Å²) in [5.41, 5.74) is 2.98. The molecule has 1 N–H and O–H groups in total. The molecule has 1 aliphatic rings. The van der Waals surface area contributed by atoms with E-state index in [0.29, 0.717) is 13.0 Å². The molecule has 0 saturated carbocycles. The van der Waals surface area contributed by atoms with Crippen molar-refractivity contribution in [3.8, 4) is 5.75 Å². The molecule has 156 valence electrons. The average molecular weight is 423 g/mol. The number of pyridine rings is 1. The molecule has 0 aliphatic carbocycles. The third-order valence-corrected chi connectivity index (χ3v) is 6.08. The molecule has 2 aromatic heterocycles. The first-order chi connectivity index (χ1) is 14.6. The second kappa shape index (κ2) is 9.26. The molecular weight excluding hydrogens is 396 g/mol. The Morgan fingerprint density at radius 2 is 2.07 bits per heavy atom. The third-order valence-electron chi connectivity index (χ3n) is 5.21. The van der Waals surface area contributed by atoms with Gasteiger partial charge in [0.05, 0.1) is 30.5 Å². The van der Waals surface area contributed by atoms with Gasteiger partial charge in [0.2, 0.25) is 5.91 Å². The van der Waals surface area contributed by atoms with Crippen LogP contribution in [-0.2, 0) is 4.79 Å². The fraction of sp³-hybridized carbons (Fsp3) is 0.348. The maximum Gasteiger partial charge on any atom is 0.226 e. The minimum absolute atomic E-state index is 0.00995. The summed E-state index contributed by atoms with van der Waals surface area (Å²) < 4.78 is 5.82. The standard InChI is InChI=1S/C23H26N4O2S/c1-16-7-3-4-10-20(16)29-14-12-22(28)27-13-6-9-19(27)18-8-5-11-21(25-18)26-23-24-17(2)15-30-23/h3-5,7-8,10-11,15,19H,6,9,12-14H2,1-2H3,(H,24,25,26)/t19-/m0/s1. The molecule has 6 nitrogen and oxygen atoms in total. The van der Waals surface area contributed by atoms with Crippen LogP contribution in [0.2, 0.25) is 0 Å². The van der Waals surface area contributed by atoms with E-state index in [2.05, 4.69) is 10.3 Å². The fourth-order valence-corrected chi connectivity index (χ4v) is 4.41. The van der Waals surface area contributed by atoms with Crippen LogP contribution in [0.5, 0.6) is 5.75 Å². The molecule has 3 heterocycles. The van der Waals surface area contributed by atoms with E-state index in [-0.39, 0.29) is 11.9 Å². The smallest absolute Gasteiger partial charge is 0.226 e. The van der Waals surface area contributed by atoms with Crippen molar-refractivity contribution in [3.05, 3.63) is 64.8 Å². The molecule has 1 aliphatic heterocycles. The maximum absolute atomic E-state index is 12.9. The molecule has 0 radical (unpaired) electrons. The van der Waals surface area contributed by atoms with Gasteiger partial charge in [0, 0.05) is 11.9 Å². The average Bonchev–Trinajstić information content (AvgIpc) is 3.39. The van der Waals surface area contributed by atoms with Gasteiger partial charge in [0.25, 0.3) is 0 Å². The number of nitrogens with one attached hydrogen (secondary N) is 1. The van der Waals surface area contributed by atoms with E-state index in [9.17, 15) is 4.79 Å². The van der Waals surface area contributed by atoms with E-state index in [1.54, 1.807) is 11.3 Å². The van der Waals surface area contributed by atoms with Crippen molar-refractivity contribution in [2.24, 2.45) is 0 Å². The van der Waals surface area contributed by atoms with Crippen LogP contribution in [0.4, 0.5) is 10.9 Å². The number of aryl methyl sites for hydroxylation is 2. The summed E-state index contributed by atoms with van der Waals surface area (Å²) in [4.78, 5) is 24.0. The SMILES string of the molecule is Cc1csc(Nc2cccc([C@@H]3CCCN3C(=O)CCOc3ccccc3C)n2)n1. The Balaban J connectivity index is 1.38. The summed E-state index contributed by atoms with van der Waals surface area (Å²) in [5.74, 6) is 1.70. The summed E-state index contributed by atoms with van der Waals surface area (Å²) >= 11 is 1.56. The van der Waals surface area contributed by atoms with Gasteiger partial charge < -0.3 is 15.0 Å². The third kappa shape index (κ3) is 4.79. The van der Waals surface area contributed by atoms with Crippen molar-refractivity contribution < 1.29 is 9.53 Å². The zero-order valence-electron chi connectivity index (χ0n) is 17.3. The zero-order chi connectivity index (χ0) is 20.9. The molecule has 4 rings (SSSR count). The first-order valence-corrected chi connectivity index (χ1v) is 11.1. The van der Waals surface area contributed by atoms with Crippen molar-refractivity contribution in [2.45, 2.75) is 39.2 Å².